The third-order valence-electron chi connectivity index (χ3n) is 4.00. The number of hydrogen-bond donors (Lipinski definition) is 3. The Bertz CT molecular complexity index is 1160. The molecule has 0 atom stereocenters. The molecule has 0 saturated heterocycles. The molecule has 28 heavy (non-hydrogen) atoms. The standard InChI is InChI=1S/C18H15N5O4S/c19-28(25,26)13-4-2-12(3-5-13)21-18-20-8-7-14(23-18)11-1-6-16-15(9-11)22-17(24)10-27-16/h1-9H,10H2,(H,22,24)(H2,19,25,26)(H,20,21,23). The summed E-state index contributed by atoms with van der Waals surface area (Å²) in [5.41, 5.74) is 2.61. The third-order valence-corrected chi connectivity index (χ3v) is 4.93. The first-order chi connectivity index (χ1) is 13.4. The average Bonchev–Trinajstić information content (AvgIpc) is 2.67. The quantitative estimate of drug-likeness (QED) is 0.611. The molecule has 0 spiro atoms. The summed E-state index contributed by atoms with van der Waals surface area (Å²) >= 11 is 0. The van der Waals surface area contributed by atoms with Gasteiger partial charge in [-0.05, 0) is 48.5 Å². The maximum Gasteiger partial charge on any atom is 0.262 e. The number of fused-ring (bicyclic) bond motifs is 1. The molecule has 9 nitrogen and oxygen atoms in total. The molecule has 4 N–H and O–H groups in total. The molecule has 4 rings (SSSR count). The van der Waals surface area contributed by atoms with Crippen molar-refractivity contribution < 1.29 is 17.9 Å². The van der Waals surface area contributed by atoms with E-state index in [1.54, 1.807) is 36.5 Å². The summed E-state index contributed by atoms with van der Waals surface area (Å²) in [7, 11) is -3.75. The Hall–Kier alpha value is -3.50. The van der Waals surface area contributed by atoms with Crippen LogP contribution in [0.4, 0.5) is 17.3 Å². The minimum Gasteiger partial charge on any atom is -0.482 e. The second-order valence-electron chi connectivity index (χ2n) is 6.01. The van der Waals surface area contributed by atoms with Crippen LogP contribution in [-0.4, -0.2) is 30.9 Å². The predicted octanol–water partition coefficient (Wildman–Crippen LogP) is 1.87. The molecule has 0 radical (unpaired) electrons. The summed E-state index contributed by atoms with van der Waals surface area (Å²) in [6, 6.07) is 13.1. The zero-order chi connectivity index (χ0) is 19.7. The first-order valence-corrected chi connectivity index (χ1v) is 9.73. The zero-order valence-electron chi connectivity index (χ0n) is 14.4. The van der Waals surface area contributed by atoms with E-state index in [9.17, 15) is 13.2 Å². The number of rotatable bonds is 4. The number of carbonyl (C=O) groups excluding carboxylic acids is 1. The lowest BCUT2D eigenvalue weighted by molar-refractivity contribution is -0.118. The van der Waals surface area contributed by atoms with Crippen LogP contribution in [-0.2, 0) is 14.8 Å². The molecule has 0 aliphatic carbocycles. The van der Waals surface area contributed by atoms with Gasteiger partial charge >= 0.3 is 0 Å². The number of ether oxygens (including phenoxy) is 1. The van der Waals surface area contributed by atoms with Gasteiger partial charge < -0.3 is 15.4 Å². The van der Waals surface area contributed by atoms with Gasteiger partial charge in [0.05, 0.1) is 16.3 Å². The SMILES string of the molecule is NS(=O)(=O)c1ccc(Nc2nccc(-c3ccc4c(c3)NC(=O)CO4)n2)cc1. The minimum atomic E-state index is -3.75. The lowest BCUT2D eigenvalue weighted by atomic mass is 10.1. The summed E-state index contributed by atoms with van der Waals surface area (Å²) in [5.74, 6) is 0.724. The van der Waals surface area contributed by atoms with Crippen LogP contribution in [0.5, 0.6) is 5.75 Å². The fourth-order valence-corrected chi connectivity index (χ4v) is 3.19. The van der Waals surface area contributed by atoms with Crippen LogP contribution in [0.1, 0.15) is 0 Å². The van der Waals surface area contributed by atoms with Crippen molar-refractivity contribution in [2.45, 2.75) is 4.90 Å². The fraction of sp³-hybridized carbons (Fsp3) is 0.0556. The Kier molecular flexibility index (Phi) is 4.41. The smallest absolute Gasteiger partial charge is 0.262 e. The predicted molar refractivity (Wildman–Crippen MR) is 103 cm³/mol. The largest absolute Gasteiger partial charge is 0.482 e. The van der Waals surface area contributed by atoms with Crippen molar-refractivity contribution in [1.29, 1.82) is 0 Å². The Balaban J connectivity index is 1.58. The second-order valence-corrected chi connectivity index (χ2v) is 7.57. The van der Waals surface area contributed by atoms with Crippen molar-refractivity contribution in [3.8, 4) is 17.0 Å². The molecular weight excluding hydrogens is 382 g/mol. The number of hydrogen-bond acceptors (Lipinski definition) is 7. The van der Waals surface area contributed by atoms with E-state index < -0.39 is 10.0 Å². The molecule has 2 aromatic carbocycles. The third kappa shape index (κ3) is 3.77. The van der Waals surface area contributed by atoms with Crippen LogP contribution in [0.25, 0.3) is 11.3 Å². The van der Waals surface area contributed by atoms with Crippen LogP contribution in [0.15, 0.2) is 59.6 Å². The van der Waals surface area contributed by atoms with Gasteiger partial charge in [0.2, 0.25) is 16.0 Å². The van der Waals surface area contributed by atoms with E-state index in [1.165, 1.54) is 12.1 Å². The molecular formula is C18H15N5O4S. The highest BCUT2D eigenvalue weighted by Crippen LogP contribution is 2.32. The molecule has 0 saturated carbocycles. The molecule has 0 unspecified atom stereocenters. The van der Waals surface area contributed by atoms with Crippen LogP contribution >= 0.6 is 0 Å². The second kappa shape index (κ2) is 6.91. The summed E-state index contributed by atoms with van der Waals surface area (Å²) < 4.78 is 28.0. The first-order valence-electron chi connectivity index (χ1n) is 8.18. The lowest BCUT2D eigenvalue weighted by Crippen LogP contribution is -2.25. The van der Waals surface area contributed by atoms with E-state index >= 15 is 0 Å². The topological polar surface area (TPSA) is 136 Å². The van der Waals surface area contributed by atoms with Gasteiger partial charge in [-0.2, -0.15) is 0 Å². The summed E-state index contributed by atoms with van der Waals surface area (Å²) in [5, 5.41) is 10.9. The molecule has 1 aliphatic heterocycles. The summed E-state index contributed by atoms with van der Waals surface area (Å²) in [4.78, 5) is 20.1. The van der Waals surface area contributed by atoms with Crippen LogP contribution in [0.2, 0.25) is 0 Å². The maximum absolute atomic E-state index is 11.5. The number of aromatic nitrogens is 2. The van der Waals surface area contributed by atoms with E-state index in [0.29, 0.717) is 28.8 Å². The van der Waals surface area contributed by atoms with Crippen LogP contribution < -0.4 is 20.5 Å². The van der Waals surface area contributed by atoms with Gasteiger partial charge in [-0.25, -0.2) is 23.5 Å². The summed E-state index contributed by atoms with van der Waals surface area (Å²) in [6.07, 6.45) is 1.60. The Morgan fingerprint density at radius 1 is 1.11 bits per heavy atom. The van der Waals surface area contributed by atoms with Gasteiger partial charge in [-0.1, -0.05) is 0 Å². The molecule has 1 aromatic heterocycles. The van der Waals surface area contributed by atoms with Crippen LogP contribution in [0.3, 0.4) is 0 Å². The van der Waals surface area contributed by atoms with E-state index in [4.69, 9.17) is 9.88 Å². The average molecular weight is 397 g/mol. The highest BCUT2D eigenvalue weighted by atomic mass is 32.2. The van der Waals surface area contributed by atoms with E-state index in [-0.39, 0.29) is 17.4 Å². The van der Waals surface area contributed by atoms with Crippen molar-refractivity contribution in [2.24, 2.45) is 5.14 Å². The lowest BCUT2D eigenvalue weighted by Gasteiger charge is -2.18. The molecule has 2 heterocycles. The Morgan fingerprint density at radius 3 is 2.64 bits per heavy atom. The molecule has 142 valence electrons. The molecule has 0 fully saturated rings. The molecule has 1 amide bonds. The number of benzene rings is 2. The molecule has 3 aromatic rings. The zero-order valence-corrected chi connectivity index (χ0v) is 15.2. The number of sulfonamides is 1. The monoisotopic (exact) mass is 397 g/mol. The normalized spacial score (nSPS) is 13.2. The fourth-order valence-electron chi connectivity index (χ4n) is 2.68. The van der Waals surface area contributed by atoms with Crippen molar-refractivity contribution in [1.82, 2.24) is 9.97 Å². The van der Waals surface area contributed by atoms with Gasteiger partial charge in [-0.3, -0.25) is 4.79 Å². The van der Waals surface area contributed by atoms with E-state index in [1.807, 2.05) is 6.07 Å². The molecule has 10 heteroatoms. The highest BCUT2D eigenvalue weighted by Gasteiger charge is 2.16. The Labute approximate surface area is 160 Å². The molecule has 1 aliphatic rings. The minimum absolute atomic E-state index is 0.00182. The van der Waals surface area contributed by atoms with E-state index in [2.05, 4.69) is 20.6 Å². The number of primary sulfonamides is 1. The number of anilines is 3. The number of nitrogens with zero attached hydrogens (tertiary/aromatic N) is 2. The van der Waals surface area contributed by atoms with Gasteiger partial charge in [0.1, 0.15) is 5.75 Å². The number of amides is 1. The van der Waals surface area contributed by atoms with Crippen molar-refractivity contribution in [2.75, 3.05) is 17.2 Å². The van der Waals surface area contributed by atoms with Crippen molar-refractivity contribution in [3.63, 3.8) is 0 Å². The maximum atomic E-state index is 11.5. The Morgan fingerprint density at radius 2 is 1.89 bits per heavy atom. The number of carbonyl (C=O) groups is 1. The first kappa shape index (κ1) is 17.9. The molecule has 0 bridgehead atoms. The summed E-state index contributed by atoms with van der Waals surface area (Å²) in [6.45, 7) is -0.00182. The van der Waals surface area contributed by atoms with Crippen molar-refractivity contribution >= 4 is 33.3 Å². The highest BCUT2D eigenvalue weighted by molar-refractivity contribution is 7.89. The van der Waals surface area contributed by atoms with Gasteiger partial charge in [0.25, 0.3) is 5.91 Å². The number of nitrogens with one attached hydrogen (secondary N) is 2. The van der Waals surface area contributed by atoms with Crippen molar-refractivity contribution in [3.05, 3.63) is 54.7 Å². The van der Waals surface area contributed by atoms with Gasteiger partial charge in [-0.15, -0.1) is 0 Å². The van der Waals surface area contributed by atoms with Gasteiger partial charge in [0.15, 0.2) is 6.61 Å². The van der Waals surface area contributed by atoms with E-state index in [0.717, 1.165) is 5.56 Å². The number of nitrogens with two attached hydrogens (primary N) is 1. The van der Waals surface area contributed by atoms with Crippen LogP contribution in [0, 0.1) is 0 Å². The van der Waals surface area contributed by atoms with Gasteiger partial charge in [0, 0.05) is 17.4 Å².